The normalized spacial score (nSPS) is 11.9. The van der Waals surface area contributed by atoms with E-state index >= 15 is 0 Å². The first-order valence-electron chi connectivity index (χ1n) is 7.31. The zero-order valence-corrected chi connectivity index (χ0v) is 14.8. The fourth-order valence-corrected chi connectivity index (χ4v) is 2.79. The van der Waals surface area contributed by atoms with Crippen molar-refractivity contribution >= 4 is 29.1 Å². The largest absolute Gasteiger partial charge is 0.482 e. The summed E-state index contributed by atoms with van der Waals surface area (Å²) in [6, 6.07) is 11.0. The number of hydrogen-bond acceptors (Lipinski definition) is 2. The van der Waals surface area contributed by atoms with Crippen LogP contribution in [0.4, 0.5) is 0 Å². The zero-order valence-electron chi connectivity index (χ0n) is 13.3. The van der Waals surface area contributed by atoms with E-state index in [0.29, 0.717) is 15.8 Å². The van der Waals surface area contributed by atoms with Gasteiger partial charge in [-0.1, -0.05) is 47.0 Å². The monoisotopic (exact) mass is 351 g/mol. The molecule has 0 aliphatic rings. The summed E-state index contributed by atoms with van der Waals surface area (Å²) in [5.74, 6) is 0.232. The number of hydrogen-bond donors (Lipinski definition) is 1. The maximum atomic E-state index is 12.1. The van der Waals surface area contributed by atoms with Crippen molar-refractivity contribution in [3.8, 4) is 5.75 Å². The first-order chi connectivity index (χ1) is 10.9. The van der Waals surface area contributed by atoms with Crippen LogP contribution >= 0.6 is 23.2 Å². The van der Waals surface area contributed by atoms with Crippen molar-refractivity contribution in [3.05, 3.63) is 63.1 Å². The van der Waals surface area contributed by atoms with E-state index in [-0.39, 0.29) is 18.6 Å². The van der Waals surface area contributed by atoms with Gasteiger partial charge in [0.2, 0.25) is 0 Å². The lowest BCUT2D eigenvalue weighted by molar-refractivity contribution is -0.123. The summed E-state index contributed by atoms with van der Waals surface area (Å²) < 4.78 is 5.44. The van der Waals surface area contributed by atoms with Gasteiger partial charge in [0.15, 0.2) is 6.61 Å². The highest BCUT2D eigenvalue weighted by molar-refractivity contribution is 6.35. The summed E-state index contributed by atoms with van der Waals surface area (Å²) in [5.41, 5.74) is 3.41. The van der Waals surface area contributed by atoms with Crippen molar-refractivity contribution < 1.29 is 9.53 Å². The van der Waals surface area contributed by atoms with E-state index in [0.717, 1.165) is 16.7 Å². The SMILES string of the molecule is Cc1ccc(C)c([C@H](C)NC(=O)COc2ccc(Cl)cc2Cl)c1. The van der Waals surface area contributed by atoms with Crippen LogP contribution in [0.2, 0.25) is 10.0 Å². The summed E-state index contributed by atoms with van der Waals surface area (Å²) >= 11 is 11.8. The molecule has 0 saturated heterocycles. The Hall–Kier alpha value is -1.71. The van der Waals surface area contributed by atoms with Crippen LogP contribution < -0.4 is 10.1 Å². The molecule has 1 amide bonds. The molecule has 0 saturated carbocycles. The van der Waals surface area contributed by atoms with E-state index in [4.69, 9.17) is 27.9 Å². The molecule has 23 heavy (non-hydrogen) atoms. The molecule has 0 aliphatic heterocycles. The fourth-order valence-electron chi connectivity index (χ4n) is 2.32. The summed E-state index contributed by atoms with van der Waals surface area (Å²) in [5, 5.41) is 3.84. The molecule has 1 atom stereocenters. The highest BCUT2D eigenvalue weighted by Gasteiger charge is 2.13. The summed E-state index contributed by atoms with van der Waals surface area (Å²) in [4.78, 5) is 12.1. The lowest BCUT2D eigenvalue weighted by atomic mass is 10.00. The lowest BCUT2D eigenvalue weighted by Crippen LogP contribution is -2.31. The molecular formula is C18H19Cl2NO2. The Balaban J connectivity index is 1.95. The molecule has 0 spiro atoms. The van der Waals surface area contributed by atoms with Crippen LogP contribution in [0.25, 0.3) is 0 Å². The molecule has 0 aliphatic carbocycles. The van der Waals surface area contributed by atoms with Gasteiger partial charge in [0.05, 0.1) is 11.1 Å². The number of carbonyl (C=O) groups excluding carboxylic acids is 1. The van der Waals surface area contributed by atoms with Crippen LogP contribution in [0.5, 0.6) is 5.75 Å². The fraction of sp³-hybridized carbons (Fsp3) is 0.278. The Morgan fingerprint density at radius 3 is 2.61 bits per heavy atom. The third-order valence-corrected chi connectivity index (χ3v) is 4.06. The molecular weight excluding hydrogens is 333 g/mol. The summed E-state index contributed by atoms with van der Waals surface area (Å²) in [6.45, 7) is 5.91. The van der Waals surface area contributed by atoms with Crippen LogP contribution in [0.1, 0.15) is 29.7 Å². The molecule has 122 valence electrons. The van der Waals surface area contributed by atoms with Crippen molar-refractivity contribution in [2.45, 2.75) is 26.8 Å². The number of benzene rings is 2. The molecule has 2 aromatic rings. The Morgan fingerprint density at radius 2 is 1.91 bits per heavy atom. The van der Waals surface area contributed by atoms with Gasteiger partial charge in [-0.25, -0.2) is 0 Å². The minimum absolute atomic E-state index is 0.0910. The van der Waals surface area contributed by atoms with Crippen LogP contribution in [-0.2, 0) is 4.79 Å². The van der Waals surface area contributed by atoms with Crippen LogP contribution in [0.15, 0.2) is 36.4 Å². The molecule has 5 heteroatoms. The second kappa shape index (κ2) is 7.71. The van der Waals surface area contributed by atoms with Crippen molar-refractivity contribution in [2.24, 2.45) is 0 Å². The number of carbonyl (C=O) groups is 1. The Morgan fingerprint density at radius 1 is 1.17 bits per heavy atom. The van der Waals surface area contributed by atoms with Gasteiger partial charge >= 0.3 is 0 Å². The molecule has 0 aromatic heterocycles. The van der Waals surface area contributed by atoms with Gasteiger partial charge in [-0.15, -0.1) is 0 Å². The van der Waals surface area contributed by atoms with Crippen LogP contribution in [0, 0.1) is 13.8 Å². The van der Waals surface area contributed by atoms with Crippen molar-refractivity contribution in [1.29, 1.82) is 0 Å². The van der Waals surface area contributed by atoms with E-state index in [9.17, 15) is 4.79 Å². The quantitative estimate of drug-likeness (QED) is 0.834. The van der Waals surface area contributed by atoms with Gasteiger partial charge < -0.3 is 10.1 Å². The van der Waals surface area contributed by atoms with E-state index in [1.807, 2.05) is 20.8 Å². The first-order valence-corrected chi connectivity index (χ1v) is 8.07. The maximum Gasteiger partial charge on any atom is 0.258 e. The molecule has 0 bridgehead atoms. The molecule has 0 heterocycles. The third-order valence-electron chi connectivity index (χ3n) is 3.53. The standard InChI is InChI=1S/C18H19Cl2NO2/c1-11-4-5-12(2)15(8-11)13(3)21-18(22)10-23-17-7-6-14(19)9-16(17)20/h4-9,13H,10H2,1-3H3,(H,21,22)/t13-/m0/s1. The smallest absolute Gasteiger partial charge is 0.258 e. The van der Waals surface area contributed by atoms with Gasteiger partial charge in [0.1, 0.15) is 5.75 Å². The molecule has 1 N–H and O–H groups in total. The van der Waals surface area contributed by atoms with Crippen LogP contribution in [-0.4, -0.2) is 12.5 Å². The van der Waals surface area contributed by atoms with Crippen molar-refractivity contribution in [2.75, 3.05) is 6.61 Å². The number of amides is 1. The summed E-state index contributed by atoms with van der Waals surface area (Å²) in [7, 11) is 0. The highest BCUT2D eigenvalue weighted by atomic mass is 35.5. The molecule has 2 aromatic carbocycles. The number of nitrogens with one attached hydrogen (secondary N) is 1. The predicted molar refractivity (Wildman–Crippen MR) is 94.4 cm³/mol. The topological polar surface area (TPSA) is 38.3 Å². The van der Waals surface area contributed by atoms with E-state index < -0.39 is 0 Å². The van der Waals surface area contributed by atoms with Gasteiger partial charge in [-0.3, -0.25) is 4.79 Å². The Kier molecular flexibility index (Phi) is 5.91. The minimum Gasteiger partial charge on any atom is -0.482 e. The highest BCUT2D eigenvalue weighted by Crippen LogP contribution is 2.27. The van der Waals surface area contributed by atoms with Gasteiger partial charge in [-0.2, -0.15) is 0 Å². The Labute approximate surface area is 146 Å². The van der Waals surface area contributed by atoms with E-state index in [1.54, 1.807) is 18.2 Å². The first kappa shape index (κ1) is 17.6. The minimum atomic E-state index is -0.204. The molecule has 0 radical (unpaired) electrons. The van der Waals surface area contributed by atoms with Crippen molar-refractivity contribution in [1.82, 2.24) is 5.32 Å². The van der Waals surface area contributed by atoms with Gasteiger partial charge in [0.25, 0.3) is 5.91 Å². The summed E-state index contributed by atoms with van der Waals surface area (Å²) in [6.07, 6.45) is 0. The van der Waals surface area contributed by atoms with Crippen LogP contribution in [0.3, 0.4) is 0 Å². The predicted octanol–water partition coefficient (Wildman–Crippen LogP) is 4.87. The van der Waals surface area contributed by atoms with E-state index in [2.05, 4.69) is 23.5 Å². The molecule has 0 unspecified atom stereocenters. The lowest BCUT2D eigenvalue weighted by Gasteiger charge is -2.17. The second-order valence-corrected chi connectivity index (χ2v) is 6.36. The molecule has 3 nitrogen and oxygen atoms in total. The number of ether oxygens (including phenoxy) is 1. The zero-order chi connectivity index (χ0) is 17.0. The number of halogens is 2. The maximum absolute atomic E-state index is 12.1. The molecule has 0 fully saturated rings. The Bertz CT molecular complexity index is 716. The number of aryl methyl sites for hydroxylation is 2. The van der Waals surface area contributed by atoms with Gasteiger partial charge in [0, 0.05) is 5.02 Å². The third kappa shape index (κ3) is 4.88. The number of rotatable bonds is 5. The van der Waals surface area contributed by atoms with E-state index in [1.165, 1.54) is 0 Å². The van der Waals surface area contributed by atoms with Gasteiger partial charge in [-0.05, 0) is 50.1 Å². The second-order valence-electron chi connectivity index (χ2n) is 5.51. The average Bonchev–Trinajstić information content (AvgIpc) is 2.48. The molecule has 2 rings (SSSR count). The average molecular weight is 352 g/mol. The van der Waals surface area contributed by atoms with Crippen molar-refractivity contribution in [3.63, 3.8) is 0 Å².